The van der Waals surface area contributed by atoms with Crippen molar-refractivity contribution in [3.05, 3.63) is 42.0 Å². The van der Waals surface area contributed by atoms with E-state index in [0.29, 0.717) is 18.4 Å². The van der Waals surface area contributed by atoms with Crippen LogP contribution in [-0.4, -0.2) is 43.2 Å². The summed E-state index contributed by atoms with van der Waals surface area (Å²) in [6.07, 6.45) is 4.44. The third-order valence-electron chi connectivity index (χ3n) is 4.61. The Balaban J connectivity index is 1.90. The highest BCUT2D eigenvalue weighted by atomic mass is 16.5. The average molecular weight is 329 g/mol. The van der Waals surface area contributed by atoms with Gasteiger partial charge in [0.15, 0.2) is 0 Å². The van der Waals surface area contributed by atoms with E-state index in [-0.39, 0.29) is 12.5 Å². The van der Waals surface area contributed by atoms with Crippen LogP contribution in [0.2, 0.25) is 0 Å². The van der Waals surface area contributed by atoms with Crippen LogP contribution in [0.15, 0.2) is 30.7 Å². The van der Waals surface area contributed by atoms with Gasteiger partial charge in [-0.05, 0) is 36.5 Å². The lowest BCUT2D eigenvalue weighted by molar-refractivity contribution is -0.121. The molecule has 1 N–H and O–H groups in total. The zero-order chi connectivity index (χ0) is 17.1. The van der Waals surface area contributed by atoms with E-state index in [1.165, 1.54) is 7.11 Å². The number of methoxy groups -OCH3 is 1. The normalized spacial score (nSPS) is 19.5. The van der Waals surface area contributed by atoms with Gasteiger partial charge in [0.2, 0.25) is 0 Å². The van der Waals surface area contributed by atoms with E-state index in [2.05, 4.69) is 23.0 Å². The third-order valence-corrected chi connectivity index (χ3v) is 4.61. The molecule has 128 valence electrons. The molecule has 6 nitrogen and oxygen atoms in total. The van der Waals surface area contributed by atoms with E-state index in [9.17, 15) is 4.79 Å². The van der Waals surface area contributed by atoms with Crippen molar-refractivity contribution in [3.8, 4) is 5.75 Å². The van der Waals surface area contributed by atoms with Crippen LogP contribution in [0.4, 0.5) is 5.69 Å². The van der Waals surface area contributed by atoms with Crippen molar-refractivity contribution in [3.63, 3.8) is 0 Å². The Hall–Kier alpha value is -2.34. The second-order valence-corrected chi connectivity index (χ2v) is 6.28. The molecule has 1 aromatic carbocycles. The Morgan fingerprint density at radius 1 is 1.50 bits per heavy atom. The number of rotatable bonds is 5. The maximum atomic E-state index is 12.1. The Labute approximate surface area is 141 Å². The number of fused-ring (bicyclic) bond motifs is 1. The zero-order valence-electron chi connectivity index (χ0n) is 14.3. The van der Waals surface area contributed by atoms with Gasteiger partial charge in [-0.15, -0.1) is 0 Å². The topological polar surface area (TPSA) is 67.5 Å². The van der Waals surface area contributed by atoms with Crippen LogP contribution in [0.1, 0.15) is 24.1 Å². The number of nitrogens with one attached hydrogen (secondary N) is 1. The molecule has 0 spiro atoms. The number of likely N-dealkylation sites (N-methyl/N-ethyl adjacent to an activating group) is 1. The SMILES string of the molecule is COCC(=O)N(C)c1ccc2c(c1)[C@@H](Cc1cnc[nH]1)[C@@H](C)CO2. The zero-order valence-corrected chi connectivity index (χ0v) is 14.3. The van der Waals surface area contributed by atoms with Crippen LogP contribution in [0.5, 0.6) is 5.75 Å². The molecular formula is C18H23N3O3. The Kier molecular flexibility index (Phi) is 4.85. The first-order valence-electron chi connectivity index (χ1n) is 8.09. The van der Waals surface area contributed by atoms with Gasteiger partial charge in [0.1, 0.15) is 12.4 Å². The number of nitrogens with zero attached hydrogens (tertiary/aromatic N) is 2. The number of carbonyl (C=O) groups is 1. The maximum absolute atomic E-state index is 12.1. The Bertz CT molecular complexity index is 700. The summed E-state index contributed by atoms with van der Waals surface area (Å²) in [6.45, 7) is 2.96. The highest BCUT2D eigenvalue weighted by Gasteiger charge is 2.29. The predicted octanol–water partition coefficient (Wildman–Crippen LogP) is 2.37. The van der Waals surface area contributed by atoms with Crippen LogP contribution in [0.25, 0.3) is 0 Å². The number of carbonyl (C=O) groups excluding carboxylic acids is 1. The van der Waals surface area contributed by atoms with Crippen molar-refractivity contribution < 1.29 is 14.3 Å². The molecule has 1 aliphatic rings. The quantitative estimate of drug-likeness (QED) is 0.914. The largest absolute Gasteiger partial charge is 0.493 e. The standard InChI is InChI=1S/C18H23N3O3/c1-12-9-24-17-5-4-14(21(2)18(22)10-23-3)7-16(17)15(12)6-13-8-19-11-20-13/h4-5,7-8,11-12,15H,6,9-10H2,1-3H3,(H,19,20)/t12-,15-/m0/s1. The van der Waals surface area contributed by atoms with E-state index in [4.69, 9.17) is 9.47 Å². The summed E-state index contributed by atoms with van der Waals surface area (Å²) in [6, 6.07) is 5.92. The number of H-pyrrole nitrogens is 1. The molecule has 0 saturated carbocycles. The molecule has 6 heteroatoms. The second kappa shape index (κ2) is 7.05. The molecule has 1 amide bonds. The van der Waals surface area contributed by atoms with Crippen molar-refractivity contribution in [1.82, 2.24) is 9.97 Å². The molecule has 0 unspecified atom stereocenters. The average Bonchev–Trinajstić information content (AvgIpc) is 3.10. The highest BCUT2D eigenvalue weighted by Crippen LogP contribution is 2.40. The fourth-order valence-corrected chi connectivity index (χ4v) is 3.12. The van der Waals surface area contributed by atoms with Gasteiger partial charge in [0.25, 0.3) is 5.91 Å². The van der Waals surface area contributed by atoms with Crippen molar-refractivity contribution in [1.29, 1.82) is 0 Å². The molecule has 24 heavy (non-hydrogen) atoms. The van der Waals surface area contributed by atoms with E-state index >= 15 is 0 Å². The van der Waals surface area contributed by atoms with Crippen LogP contribution < -0.4 is 9.64 Å². The Morgan fingerprint density at radius 3 is 3.04 bits per heavy atom. The van der Waals surface area contributed by atoms with Crippen molar-refractivity contribution >= 4 is 11.6 Å². The molecule has 0 saturated heterocycles. The number of anilines is 1. The fourth-order valence-electron chi connectivity index (χ4n) is 3.12. The highest BCUT2D eigenvalue weighted by molar-refractivity contribution is 5.93. The minimum atomic E-state index is -0.0765. The molecule has 0 aliphatic carbocycles. The first-order chi connectivity index (χ1) is 11.6. The van der Waals surface area contributed by atoms with Crippen molar-refractivity contribution in [2.75, 3.05) is 32.3 Å². The molecule has 3 rings (SSSR count). The van der Waals surface area contributed by atoms with Gasteiger partial charge in [-0.3, -0.25) is 4.79 Å². The predicted molar refractivity (Wildman–Crippen MR) is 91.4 cm³/mol. The van der Waals surface area contributed by atoms with Crippen LogP contribution in [-0.2, 0) is 16.0 Å². The van der Waals surface area contributed by atoms with Gasteiger partial charge in [0.05, 0.1) is 12.9 Å². The number of hydrogen-bond acceptors (Lipinski definition) is 4. The van der Waals surface area contributed by atoms with Crippen LogP contribution in [0, 0.1) is 5.92 Å². The summed E-state index contributed by atoms with van der Waals surface area (Å²) in [4.78, 5) is 21.0. The summed E-state index contributed by atoms with van der Waals surface area (Å²) in [5.41, 5.74) is 3.09. The molecule has 1 aliphatic heterocycles. The van der Waals surface area contributed by atoms with Crippen molar-refractivity contribution in [2.24, 2.45) is 5.92 Å². The number of imidazole rings is 1. The van der Waals surface area contributed by atoms with Gasteiger partial charge in [0, 0.05) is 37.3 Å². The number of amides is 1. The van der Waals surface area contributed by atoms with Gasteiger partial charge in [-0.2, -0.15) is 0 Å². The van der Waals surface area contributed by atoms with E-state index in [1.807, 2.05) is 18.3 Å². The lowest BCUT2D eigenvalue weighted by Gasteiger charge is -2.32. The summed E-state index contributed by atoms with van der Waals surface area (Å²) in [7, 11) is 3.29. The minimum Gasteiger partial charge on any atom is -0.493 e. The lowest BCUT2D eigenvalue weighted by Crippen LogP contribution is -2.30. The third kappa shape index (κ3) is 3.28. The molecule has 0 bridgehead atoms. The van der Waals surface area contributed by atoms with Gasteiger partial charge < -0.3 is 19.4 Å². The van der Waals surface area contributed by atoms with Gasteiger partial charge in [-0.1, -0.05) is 6.92 Å². The molecular weight excluding hydrogens is 306 g/mol. The monoisotopic (exact) mass is 329 g/mol. The lowest BCUT2D eigenvalue weighted by atomic mass is 9.82. The number of ether oxygens (including phenoxy) is 2. The second-order valence-electron chi connectivity index (χ2n) is 6.28. The molecule has 1 aromatic heterocycles. The minimum absolute atomic E-state index is 0.0675. The fraction of sp³-hybridized carbons (Fsp3) is 0.444. The van der Waals surface area contributed by atoms with E-state index in [0.717, 1.165) is 29.1 Å². The van der Waals surface area contributed by atoms with E-state index in [1.54, 1.807) is 18.3 Å². The molecule has 2 aromatic rings. The van der Waals surface area contributed by atoms with Crippen LogP contribution >= 0.6 is 0 Å². The van der Waals surface area contributed by atoms with E-state index < -0.39 is 0 Å². The number of aromatic amines is 1. The Morgan fingerprint density at radius 2 is 2.33 bits per heavy atom. The molecule has 0 fully saturated rings. The molecule has 2 atom stereocenters. The summed E-state index contributed by atoms with van der Waals surface area (Å²) < 4.78 is 10.8. The number of hydrogen-bond donors (Lipinski definition) is 1. The smallest absolute Gasteiger partial charge is 0.252 e. The first kappa shape index (κ1) is 16.5. The molecule has 2 heterocycles. The number of benzene rings is 1. The molecule has 0 radical (unpaired) electrons. The first-order valence-corrected chi connectivity index (χ1v) is 8.09. The number of aromatic nitrogens is 2. The summed E-state index contributed by atoms with van der Waals surface area (Å²) >= 11 is 0. The van der Waals surface area contributed by atoms with Gasteiger partial charge >= 0.3 is 0 Å². The van der Waals surface area contributed by atoms with Crippen LogP contribution in [0.3, 0.4) is 0 Å². The van der Waals surface area contributed by atoms with Gasteiger partial charge in [-0.25, -0.2) is 4.98 Å². The maximum Gasteiger partial charge on any atom is 0.252 e. The summed E-state index contributed by atoms with van der Waals surface area (Å²) in [5, 5.41) is 0. The van der Waals surface area contributed by atoms with Crippen molar-refractivity contribution in [2.45, 2.75) is 19.3 Å². The summed E-state index contributed by atoms with van der Waals surface area (Å²) in [5.74, 6) is 1.53.